The molecule has 1 aliphatic heterocycles. The Kier molecular flexibility index (Phi) is 5.45. The zero-order valence-electron chi connectivity index (χ0n) is 9.37. The van der Waals surface area contributed by atoms with Gasteiger partial charge in [-0.1, -0.05) is 13.8 Å². The smallest absolute Gasteiger partial charge is 0.0720 e. The van der Waals surface area contributed by atoms with Crippen LogP contribution in [0.5, 0.6) is 0 Å². The quantitative estimate of drug-likeness (QED) is 0.731. The molecule has 1 aliphatic rings. The predicted molar refractivity (Wildman–Crippen MR) is 57.2 cm³/mol. The predicted octanol–water partition coefficient (Wildman–Crippen LogP) is 1.41. The first kappa shape index (κ1) is 12.0. The van der Waals surface area contributed by atoms with Crippen LogP contribution in [0.2, 0.25) is 0 Å². The lowest BCUT2D eigenvalue weighted by Gasteiger charge is -2.26. The number of ether oxygens (including phenoxy) is 2. The SMILES string of the molecule is CC(C)C(CN)OCC1CCOCC1. The van der Waals surface area contributed by atoms with Gasteiger partial charge in [-0.05, 0) is 24.7 Å². The van der Waals surface area contributed by atoms with Gasteiger partial charge in [0, 0.05) is 19.8 Å². The molecule has 0 aromatic heterocycles. The maximum Gasteiger partial charge on any atom is 0.0720 e. The van der Waals surface area contributed by atoms with E-state index in [4.69, 9.17) is 15.2 Å². The molecular formula is C11H23NO2. The van der Waals surface area contributed by atoms with Gasteiger partial charge in [-0.25, -0.2) is 0 Å². The highest BCUT2D eigenvalue weighted by atomic mass is 16.5. The minimum Gasteiger partial charge on any atom is -0.381 e. The largest absolute Gasteiger partial charge is 0.381 e. The van der Waals surface area contributed by atoms with Crippen molar-refractivity contribution >= 4 is 0 Å². The normalized spacial score (nSPS) is 21.4. The summed E-state index contributed by atoms with van der Waals surface area (Å²) in [6.45, 7) is 7.57. The van der Waals surface area contributed by atoms with Crippen LogP contribution in [0.15, 0.2) is 0 Å². The summed E-state index contributed by atoms with van der Waals surface area (Å²) in [7, 11) is 0. The van der Waals surface area contributed by atoms with E-state index in [1.165, 1.54) is 0 Å². The summed E-state index contributed by atoms with van der Waals surface area (Å²) in [5.74, 6) is 1.19. The van der Waals surface area contributed by atoms with Gasteiger partial charge in [-0.2, -0.15) is 0 Å². The van der Waals surface area contributed by atoms with Gasteiger partial charge in [0.25, 0.3) is 0 Å². The van der Waals surface area contributed by atoms with Crippen LogP contribution in [0, 0.1) is 11.8 Å². The Bertz CT molecular complexity index is 144. The second-order valence-corrected chi connectivity index (χ2v) is 4.41. The number of rotatable bonds is 5. The highest BCUT2D eigenvalue weighted by Crippen LogP contribution is 2.16. The zero-order chi connectivity index (χ0) is 10.4. The van der Waals surface area contributed by atoms with Gasteiger partial charge in [-0.15, -0.1) is 0 Å². The third-order valence-electron chi connectivity index (χ3n) is 2.86. The molecule has 1 fully saturated rings. The molecule has 0 aromatic rings. The molecule has 1 rings (SSSR count). The molecule has 14 heavy (non-hydrogen) atoms. The summed E-state index contributed by atoms with van der Waals surface area (Å²) >= 11 is 0. The van der Waals surface area contributed by atoms with Crippen molar-refractivity contribution in [3.8, 4) is 0 Å². The Balaban J connectivity index is 2.16. The van der Waals surface area contributed by atoms with E-state index in [9.17, 15) is 0 Å². The fraction of sp³-hybridized carbons (Fsp3) is 1.00. The lowest BCUT2D eigenvalue weighted by Crippen LogP contribution is -2.32. The molecule has 0 saturated carbocycles. The summed E-state index contributed by atoms with van der Waals surface area (Å²) in [4.78, 5) is 0. The highest BCUT2D eigenvalue weighted by Gasteiger charge is 2.17. The zero-order valence-corrected chi connectivity index (χ0v) is 9.37. The molecule has 1 saturated heterocycles. The maximum absolute atomic E-state index is 5.81. The van der Waals surface area contributed by atoms with Crippen LogP contribution in [-0.2, 0) is 9.47 Å². The van der Waals surface area contributed by atoms with E-state index in [0.717, 1.165) is 32.7 Å². The first-order valence-corrected chi connectivity index (χ1v) is 5.63. The van der Waals surface area contributed by atoms with Crippen LogP contribution < -0.4 is 5.73 Å². The molecule has 2 N–H and O–H groups in total. The molecule has 0 bridgehead atoms. The van der Waals surface area contributed by atoms with Gasteiger partial charge in [0.1, 0.15) is 0 Å². The lowest BCUT2D eigenvalue weighted by molar-refractivity contribution is -0.0231. The first-order chi connectivity index (χ1) is 6.74. The standard InChI is InChI=1S/C11H23NO2/c1-9(2)11(7-12)14-8-10-3-5-13-6-4-10/h9-11H,3-8,12H2,1-2H3. The second-order valence-electron chi connectivity index (χ2n) is 4.41. The molecule has 0 spiro atoms. The molecule has 0 radical (unpaired) electrons. The maximum atomic E-state index is 5.81. The summed E-state index contributed by atoms with van der Waals surface area (Å²) in [6, 6.07) is 0. The van der Waals surface area contributed by atoms with Crippen LogP contribution >= 0.6 is 0 Å². The monoisotopic (exact) mass is 201 g/mol. The number of hydrogen-bond acceptors (Lipinski definition) is 3. The van der Waals surface area contributed by atoms with Crippen LogP contribution in [0.3, 0.4) is 0 Å². The van der Waals surface area contributed by atoms with Crippen molar-refractivity contribution < 1.29 is 9.47 Å². The summed E-state index contributed by atoms with van der Waals surface area (Å²) in [5.41, 5.74) is 5.64. The van der Waals surface area contributed by atoms with Crippen LogP contribution in [0.4, 0.5) is 0 Å². The van der Waals surface area contributed by atoms with Crippen molar-refractivity contribution in [2.75, 3.05) is 26.4 Å². The van der Waals surface area contributed by atoms with E-state index in [1.54, 1.807) is 0 Å². The van der Waals surface area contributed by atoms with Crippen molar-refractivity contribution in [2.45, 2.75) is 32.8 Å². The lowest BCUT2D eigenvalue weighted by atomic mass is 10.0. The van der Waals surface area contributed by atoms with Gasteiger partial charge in [0.15, 0.2) is 0 Å². The third-order valence-corrected chi connectivity index (χ3v) is 2.86. The van der Waals surface area contributed by atoms with E-state index >= 15 is 0 Å². The molecule has 84 valence electrons. The summed E-state index contributed by atoms with van der Waals surface area (Å²) in [5, 5.41) is 0. The molecule has 3 heteroatoms. The second kappa shape index (κ2) is 6.38. The van der Waals surface area contributed by atoms with Gasteiger partial charge in [0.2, 0.25) is 0 Å². The Labute approximate surface area is 86.9 Å². The van der Waals surface area contributed by atoms with Gasteiger partial charge in [-0.3, -0.25) is 0 Å². The average molecular weight is 201 g/mol. The minimum atomic E-state index is 0.220. The summed E-state index contributed by atoms with van der Waals surface area (Å²) in [6.07, 6.45) is 2.49. The fourth-order valence-electron chi connectivity index (χ4n) is 1.71. The van der Waals surface area contributed by atoms with Crippen LogP contribution in [0.1, 0.15) is 26.7 Å². The molecule has 0 aromatic carbocycles. The van der Waals surface area contributed by atoms with Crippen molar-refractivity contribution in [3.63, 3.8) is 0 Å². The van der Waals surface area contributed by atoms with E-state index in [1.807, 2.05) is 0 Å². The van der Waals surface area contributed by atoms with Crippen molar-refractivity contribution in [1.29, 1.82) is 0 Å². The van der Waals surface area contributed by atoms with Gasteiger partial charge in [0.05, 0.1) is 12.7 Å². The molecule has 3 nitrogen and oxygen atoms in total. The molecular weight excluding hydrogens is 178 g/mol. The molecule has 1 unspecified atom stereocenters. The Morgan fingerprint density at radius 1 is 1.36 bits per heavy atom. The van der Waals surface area contributed by atoms with Crippen molar-refractivity contribution in [2.24, 2.45) is 17.6 Å². The van der Waals surface area contributed by atoms with Crippen LogP contribution in [-0.4, -0.2) is 32.5 Å². The molecule has 1 atom stereocenters. The first-order valence-electron chi connectivity index (χ1n) is 5.63. The van der Waals surface area contributed by atoms with E-state index in [-0.39, 0.29) is 6.10 Å². The Hall–Kier alpha value is -0.120. The highest BCUT2D eigenvalue weighted by molar-refractivity contribution is 4.67. The number of nitrogens with two attached hydrogens (primary N) is 1. The summed E-state index contributed by atoms with van der Waals surface area (Å²) < 4.78 is 11.1. The average Bonchev–Trinajstić information content (AvgIpc) is 2.20. The molecule has 0 amide bonds. The van der Waals surface area contributed by atoms with E-state index in [0.29, 0.717) is 18.4 Å². The molecule has 0 aliphatic carbocycles. The minimum absolute atomic E-state index is 0.220. The van der Waals surface area contributed by atoms with Crippen LogP contribution in [0.25, 0.3) is 0 Å². The molecule has 1 heterocycles. The number of hydrogen-bond donors (Lipinski definition) is 1. The Morgan fingerprint density at radius 2 is 2.00 bits per heavy atom. The van der Waals surface area contributed by atoms with E-state index in [2.05, 4.69) is 13.8 Å². The van der Waals surface area contributed by atoms with Gasteiger partial charge >= 0.3 is 0 Å². The van der Waals surface area contributed by atoms with E-state index < -0.39 is 0 Å². The van der Waals surface area contributed by atoms with Gasteiger partial charge < -0.3 is 15.2 Å². The fourth-order valence-corrected chi connectivity index (χ4v) is 1.71. The topological polar surface area (TPSA) is 44.5 Å². The van der Waals surface area contributed by atoms with Crippen molar-refractivity contribution in [3.05, 3.63) is 0 Å². The Morgan fingerprint density at radius 3 is 2.50 bits per heavy atom. The third kappa shape index (κ3) is 3.95. The van der Waals surface area contributed by atoms with Crippen molar-refractivity contribution in [1.82, 2.24) is 0 Å².